The van der Waals surface area contributed by atoms with E-state index in [1.165, 1.54) is 10.6 Å². The number of aliphatic hydroxyl groups excluding tert-OH is 1. The highest BCUT2D eigenvalue weighted by Crippen LogP contribution is 2.18. The molecule has 6 nitrogen and oxygen atoms in total. The van der Waals surface area contributed by atoms with Gasteiger partial charge in [-0.3, -0.25) is 4.98 Å². The summed E-state index contributed by atoms with van der Waals surface area (Å²) in [7, 11) is -3.09. The molecule has 0 saturated carbocycles. The van der Waals surface area contributed by atoms with Gasteiger partial charge in [0.2, 0.25) is 10.0 Å². The predicted molar refractivity (Wildman–Crippen MR) is 73.5 cm³/mol. The number of nitrogens with zero attached hydrogens (tertiary/aromatic N) is 3. The average Bonchev–Trinajstić information content (AvgIpc) is 2.38. The number of rotatable bonds is 3. The Balaban J connectivity index is 2.02. The van der Waals surface area contributed by atoms with E-state index < -0.39 is 16.1 Å². The Kier molecular flexibility index (Phi) is 4.07. The van der Waals surface area contributed by atoms with Crippen molar-refractivity contribution in [1.82, 2.24) is 9.29 Å². The molecular formula is C12H19N3O3S. The van der Waals surface area contributed by atoms with Gasteiger partial charge in [0.25, 0.3) is 0 Å². The highest BCUT2D eigenvalue weighted by atomic mass is 32.2. The predicted octanol–water partition coefficient (Wildman–Crippen LogP) is 0.216. The standard InChI is InChI=1S/C12H19N3O3S/c1-10(16)12-4-3-11(9-13-12)14-5-7-15(8-6-14)19(2,17)18/h3-4,9-10,16H,5-8H2,1-2H3/t10-/m0/s1. The van der Waals surface area contributed by atoms with Crippen LogP contribution in [-0.4, -0.2) is 55.2 Å². The molecule has 0 radical (unpaired) electrons. The summed E-state index contributed by atoms with van der Waals surface area (Å²) in [5.74, 6) is 0. The lowest BCUT2D eigenvalue weighted by atomic mass is 10.2. The van der Waals surface area contributed by atoms with E-state index in [4.69, 9.17) is 0 Å². The van der Waals surface area contributed by atoms with Crippen LogP contribution in [-0.2, 0) is 10.0 Å². The van der Waals surface area contributed by atoms with Crippen molar-refractivity contribution in [1.29, 1.82) is 0 Å². The Morgan fingerprint density at radius 2 is 1.89 bits per heavy atom. The van der Waals surface area contributed by atoms with Crippen molar-refractivity contribution in [2.75, 3.05) is 37.3 Å². The van der Waals surface area contributed by atoms with Gasteiger partial charge in [-0.15, -0.1) is 0 Å². The van der Waals surface area contributed by atoms with Gasteiger partial charge >= 0.3 is 0 Å². The lowest BCUT2D eigenvalue weighted by molar-refractivity contribution is 0.194. The summed E-state index contributed by atoms with van der Waals surface area (Å²) in [6.07, 6.45) is 2.39. The van der Waals surface area contributed by atoms with Crippen molar-refractivity contribution in [3.8, 4) is 0 Å². The summed E-state index contributed by atoms with van der Waals surface area (Å²) in [5.41, 5.74) is 1.59. The van der Waals surface area contributed by atoms with E-state index in [0.717, 1.165) is 5.69 Å². The average molecular weight is 285 g/mol. The van der Waals surface area contributed by atoms with Crippen molar-refractivity contribution in [2.24, 2.45) is 0 Å². The molecule has 0 amide bonds. The van der Waals surface area contributed by atoms with Gasteiger partial charge < -0.3 is 10.0 Å². The monoisotopic (exact) mass is 285 g/mol. The van der Waals surface area contributed by atoms with Crippen LogP contribution in [0.3, 0.4) is 0 Å². The molecule has 1 fully saturated rings. The zero-order chi connectivity index (χ0) is 14.0. The third-order valence-corrected chi connectivity index (χ3v) is 4.57. The number of sulfonamides is 1. The number of aromatic nitrogens is 1. The normalized spacial score (nSPS) is 19.4. The number of pyridine rings is 1. The van der Waals surface area contributed by atoms with E-state index in [2.05, 4.69) is 9.88 Å². The first kappa shape index (κ1) is 14.2. The SMILES string of the molecule is C[C@H](O)c1ccc(N2CCN(S(C)(=O)=O)CC2)cn1. The summed E-state index contributed by atoms with van der Waals surface area (Å²) in [4.78, 5) is 6.30. The molecule has 0 unspecified atom stereocenters. The number of hydrogen-bond donors (Lipinski definition) is 1. The fourth-order valence-corrected chi connectivity index (χ4v) is 2.94. The summed E-state index contributed by atoms with van der Waals surface area (Å²) in [5, 5.41) is 9.40. The van der Waals surface area contributed by atoms with Crippen molar-refractivity contribution >= 4 is 15.7 Å². The fraction of sp³-hybridized carbons (Fsp3) is 0.583. The molecule has 0 aliphatic carbocycles. The Morgan fingerprint density at radius 3 is 2.32 bits per heavy atom. The Hall–Kier alpha value is -1.18. The molecule has 1 aliphatic heterocycles. The first-order valence-electron chi connectivity index (χ1n) is 6.22. The number of hydrogen-bond acceptors (Lipinski definition) is 5. The van der Waals surface area contributed by atoms with Crippen molar-refractivity contribution in [3.63, 3.8) is 0 Å². The maximum Gasteiger partial charge on any atom is 0.211 e. The Bertz CT molecular complexity index is 520. The van der Waals surface area contributed by atoms with E-state index in [9.17, 15) is 13.5 Å². The summed E-state index contributed by atoms with van der Waals surface area (Å²) >= 11 is 0. The smallest absolute Gasteiger partial charge is 0.211 e. The van der Waals surface area contributed by atoms with Gasteiger partial charge in [-0.25, -0.2) is 8.42 Å². The minimum Gasteiger partial charge on any atom is -0.387 e. The molecule has 0 spiro atoms. The summed E-state index contributed by atoms with van der Waals surface area (Å²) in [6, 6.07) is 3.70. The van der Waals surface area contributed by atoms with E-state index in [0.29, 0.717) is 31.9 Å². The topological polar surface area (TPSA) is 73.7 Å². The van der Waals surface area contributed by atoms with Gasteiger partial charge in [0.05, 0.1) is 29.9 Å². The Morgan fingerprint density at radius 1 is 1.26 bits per heavy atom. The van der Waals surface area contributed by atoms with Gasteiger partial charge in [0, 0.05) is 26.2 Å². The first-order chi connectivity index (χ1) is 8.88. The molecule has 1 saturated heterocycles. The summed E-state index contributed by atoms with van der Waals surface area (Å²) in [6.45, 7) is 3.98. The second kappa shape index (κ2) is 5.44. The van der Waals surface area contributed by atoms with E-state index in [1.54, 1.807) is 19.2 Å². The lowest BCUT2D eigenvalue weighted by Gasteiger charge is -2.34. The minimum atomic E-state index is -3.09. The third-order valence-electron chi connectivity index (χ3n) is 3.27. The largest absolute Gasteiger partial charge is 0.387 e. The first-order valence-corrected chi connectivity index (χ1v) is 8.07. The van der Waals surface area contributed by atoms with Gasteiger partial charge in [-0.1, -0.05) is 0 Å². The van der Waals surface area contributed by atoms with E-state index >= 15 is 0 Å². The molecule has 2 heterocycles. The van der Waals surface area contributed by atoms with Crippen LogP contribution in [0.4, 0.5) is 5.69 Å². The van der Waals surface area contributed by atoms with Crippen LogP contribution in [0.25, 0.3) is 0 Å². The number of anilines is 1. The third kappa shape index (κ3) is 3.43. The van der Waals surface area contributed by atoms with E-state index in [-0.39, 0.29) is 0 Å². The van der Waals surface area contributed by atoms with Crippen LogP contribution in [0.15, 0.2) is 18.3 Å². The second-order valence-electron chi connectivity index (χ2n) is 4.77. The molecule has 0 aromatic carbocycles. The van der Waals surface area contributed by atoms with Crippen LogP contribution in [0.2, 0.25) is 0 Å². The highest BCUT2D eigenvalue weighted by Gasteiger charge is 2.23. The molecule has 1 aromatic heterocycles. The number of piperazine rings is 1. The molecule has 1 aliphatic rings. The summed E-state index contributed by atoms with van der Waals surface area (Å²) < 4.78 is 24.3. The molecule has 0 bridgehead atoms. The zero-order valence-corrected chi connectivity index (χ0v) is 12.0. The van der Waals surface area contributed by atoms with Crippen molar-refractivity contribution < 1.29 is 13.5 Å². The minimum absolute atomic E-state index is 0.497. The van der Waals surface area contributed by atoms with Crippen LogP contribution >= 0.6 is 0 Å². The molecule has 1 N–H and O–H groups in total. The maximum atomic E-state index is 11.4. The van der Waals surface area contributed by atoms with Crippen molar-refractivity contribution in [2.45, 2.75) is 13.0 Å². The number of aliphatic hydroxyl groups is 1. The van der Waals surface area contributed by atoms with Gasteiger partial charge in [-0.05, 0) is 19.1 Å². The van der Waals surface area contributed by atoms with Crippen LogP contribution in [0.1, 0.15) is 18.7 Å². The highest BCUT2D eigenvalue weighted by molar-refractivity contribution is 7.88. The zero-order valence-electron chi connectivity index (χ0n) is 11.2. The molecule has 19 heavy (non-hydrogen) atoms. The van der Waals surface area contributed by atoms with Crippen molar-refractivity contribution in [3.05, 3.63) is 24.0 Å². The quantitative estimate of drug-likeness (QED) is 0.860. The molecule has 1 aromatic rings. The molecule has 1 atom stereocenters. The van der Waals surface area contributed by atoms with Gasteiger partial charge in [0.1, 0.15) is 0 Å². The fourth-order valence-electron chi connectivity index (χ4n) is 2.11. The molecular weight excluding hydrogens is 266 g/mol. The van der Waals surface area contributed by atoms with Gasteiger partial charge in [-0.2, -0.15) is 4.31 Å². The second-order valence-corrected chi connectivity index (χ2v) is 6.75. The molecule has 2 rings (SSSR count). The molecule has 106 valence electrons. The van der Waals surface area contributed by atoms with Crippen LogP contribution in [0.5, 0.6) is 0 Å². The van der Waals surface area contributed by atoms with E-state index in [1.807, 2.05) is 6.07 Å². The Labute approximate surface area is 113 Å². The van der Waals surface area contributed by atoms with Crippen LogP contribution in [0, 0.1) is 0 Å². The maximum absolute atomic E-state index is 11.4. The van der Waals surface area contributed by atoms with Crippen LogP contribution < -0.4 is 4.90 Å². The van der Waals surface area contributed by atoms with Gasteiger partial charge in [0.15, 0.2) is 0 Å². The lowest BCUT2D eigenvalue weighted by Crippen LogP contribution is -2.48. The molecule has 7 heteroatoms.